The van der Waals surface area contributed by atoms with Crippen molar-refractivity contribution in [2.24, 2.45) is 0 Å². The fourth-order valence-electron chi connectivity index (χ4n) is 1.93. The molecule has 2 rings (SSSR count). The number of nitro benzene ring substituents is 1. The van der Waals surface area contributed by atoms with Crippen LogP contribution in [0.25, 0.3) is 0 Å². The summed E-state index contributed by atoms with van der Waals surface area (Å²) >= 11 is 5.06. The van der Waals surface area contributed by atoms with Gasteiger partial charge in [0.25, 0.3) is 11.6 Å². The highest BCUT2D eigenvalue weighted by molar-refractivity contribution is 7.80. The number of non-ortho nitro benzene ring substituents is 1. The molecule has 0 unspecified atom stereocenters. The Bertz CT molecular complexity index is 744. The van der Waals surface area contributed by atoms with Crippen LogP contribution in [0.3, 0.4) is 0 Å². The summed E-state index contributed by atoms with van der Waals surface area (Å²) in [5, 5.41) is 16.1. The normalized spacial score (nSPS) is 9.96. The number of hydrogen-bond donors (Lipinski definition) is 2. The molecule has 0 saturated carbocycles. The van der Waals surface area contributed by atoms with E-state index in [9.17, 15) is 14.9 Å². The van der Waals surface area contributed by atoms with Gasteiger partial charge in [0, 0.05) is 23.4 Å². The Morgan fingerprint density at radius 1 is 1.22 bits per heavy atom. The van der Waals surface area contributed by atoms with Crippen molar-refractivity contribution < 1.29 is 9.72 Å². The molecule has 2 aromatic rings. The molecule has 0 spiro atoms. The molecular weight excluding hydrogens is 314 g/mol. The molecule has 0 fully saturated rings. The van der Waals surface area contributed by atoms with Crippen LogP contribution < -0.4 is 10.6 Å². The average Bonchev–Trinajstić information content (AvgIpc) is 2.55. The van der Waals surface area contributed by atoms with Crippen LogP contribution in [-0.4, -0.2) is 15.9 Å². The van der Waals surface area contributed by atoms with Gasteiger partial charge in [-0.05, 0) is 42.4 Å². The largest absolute Gasteiger partial charge is 0.332 e. The van der Waals surface area contributed by atoms with E-state index in [0.29, 0.717) is 11.3 Å². The lowest BCUT2D eigenvalue weighted by atomic mass is 10.1. The maximum atomic E-state index is 12.1. The number of hydrogen-bond acceptors (Lipinski definition) is 4. The molecule has 0 saturated heterocycles. The number of carbonyl (C=O) groups is 1. The van der Waals surface area contributed by atoms with Gasteiger partial charge in [-0.2, -0.15) is 0 Å². The first-order chi connectivity index (χ1) is 11.0. The number of carbonyl (C=O) groups excluding carboxylic acids is 1. The minimum Gasteiger partial charge on any atom is -0.332 e. The number of anilines is 1. The summed E-state index contributed by atoms with van der Waals surface area (Å²) in [6.45, 7) is 2.03. The van der Waals surface area contributed by atoms with Gasteiger partial charge in [0.2, 0.25) is 0 Å². The fraction of sp³-hybridized carbons (Fsp3) is 0.125. The number of nitrogens with zero attached hydrogens (tertiary/aromatic N) is 1. The van der Waals surface area contributed by atoms with Crippen molar-refractivity contribution in [3.8, 4) is 0 Å². The third-order valence-corrected chi connectivity index (χ3v) is 3.37. The lowest BCUT2D eigenvalue weighted by molar-refractivity contribution is -0.384. The number of nitro groups is 1. The smallest absolute Gasteiger partial charge is 0.271 e. The zero-order valence-corrected chi connectivity index (χ0v) is 13.2. The third-order valence-electron chi connectivity index (χ3n) is 3.17. The molecule has 2 N–H and O–H groups in total. The molecule has 2 aromatic carbocycles. The Balaban J connectivity index is 1.99. The predicted molar refractivity (Wildman–Crippen MR) is 92.6 cm³/mol. The van der Waals surface area contributed by atoms with Crippen LogP contribution in [0, 0.1) is 10.1 Å². The van der Waals surface area contributed by atoms with E-state index in [2.05, 4.69) is 10.6 Å². The van der Waals surface area contributed by atoms with E-state index in [1.807, 2.05) is 19.1 Å². The summed E-state index contributed by atoms with van der Waals surface area (Å²) < 4.78 is 0. The molecule has 0 heterocycles. The van der Waals surface area contributed by atoms with Crippen LogP contribution in [0.1, 0.15) is 22.8 Å². The summed E-state index contributed by atoms with van der Waals surface area (Å²) in [7, 11) is 0. The summed E-state index contributed by atoms with van der Waals surface area (Å²) in [4.78, 5) is 22.3. The van der Waals surface area contributed by atoms with E-state index >= 15 is 0 Å². The minimum atomic E-state index is -0.498. The maximum Gasteiger partial charge on any atom is 0.271 e. The molecule has 7 heteroatoms. The van der Waals surface area contributed by atoms with Gasteiger partial charge in [0.05, 0.1) is 4.92 Å². The molecular formula is C16H15N3O3S. The number of thiocarbonyl (C=S) groups is 1. The highest BCUT2D eigenvalue weighted by Gasteiger charge is 2.10. The molecule has 0 atom stereocenters. The number of aryl methyl sites for hydroxylation is 1. The SMILES string of the molecule is CCc1ccc(C(=O)NC(=S)Nc2cccc([N+](=O)[O-])c2)cc1. The number of amides is 1. The molecule has 0 bridgehead atoms. The van der Waals surface area contributed by atoms with E-state index < -0.39 is 4.92 Å². The Morgan fingerprint density at radius 3 is 2.52 bits per heavy atom. The van der Waals surface area contributed by atoms with Crippen LogP contribution in [0.15, 0.2) is 48.5 Å². The first-order valence-electron chi connectivity index (χ1n) is 6.95. The Morgan fingerprint density at radius 2 is 1.91 bits per heavy atom. The van der Waals surface area contributed by atoms with Crippen LogP contribution in [0.4, 0.5) is 11.4 Å². The topological polar surface area (TPSA) is 84.3 Å². The van der Waals surface area contributed by atoms with Crippen LogP contribution in [-0.2, 0) is 6.42 Å². The van der Waals surface area contributed by atoms with Crippen molar-refractivity contribution in [3.63, 3.8) is 0 Å². The molecule has 23 heavy (non-hydrogen) atoms. The van der Waals surface area contributed by atoms with Crippen molar-refractivity contribution in [1.82, 2.24) is 5.32 Å². The van der Waals surface area contributed by atoms with E-state index in [-0.39, 0.29) is 16.7 Å². The van der Waals surface area contributed by atoms with Gasteiger partial charge in [-0.3, -0.25) is 20.2 Å². The zero-order chi connectivity index (χ0) is 16.8. The van der Waals surface area contributed by atoms with Crippen LogP contribution in [0.2, 0.25) is 0 Å². The van der Waals surface area contributed by atoms with Gasteiger partial charge < -0.3 is 5.32 Å². The number of rotatable bonds is 4. The summed E-state index contributed by atoms with van der Waals surface area (Å²) in [6.07, 6.45) is 0.897. The molecule has 118 valence electrons. The Labute approximate surface area is 138 Å². The van der Waals surface area contributed by atoms with E-state index in [0.717, 1.165) is 12.0 Å². The lowest BCUT2D eigenvalue weighted by Crippen LogP contribution is -2.34. The highest BCUT2D eigenvalue weighted by atomic mass is 32.1. The minimum absolute atomic E-state index is 0.0562. The van der Waals surface area contributed by atoms with Crippen molar-refractivity contribution in [1.29, 1.82) is 0 Å². The predicted octanol–water partition coefficient (Wildman–Crippen LogP) is 3.28. The van der Waals surface area contributed by atoms with Crippen molar-refractivity contribution in [2.45, 2.75) is 13.3 Å². The Hall–Kier alpha value is -2.80. The second kappa shape index (κ2) is 7.46. The zero-order valence-electron chi connectivity index (χ0n) is 12.4. The van der Waals surface area contributed by atoms with Gasteiger partial charge >= 0.3 is 0 Å². The Kier molecular flexibility index (Phi) is 5.37. The maximum absolute atomic E-state index is 12.1. The first kappa shape index (κ1) is 16.6. The molecule has 0 radical (unpaired) electrons. The quantitative estimate of drug-likeness (QED) is 0.511. The summed E-state index contributed by atoms with van der Waals surface area (Å²) in [5.74, 6) is -0.337. The molecule has 6 nitrogen and oxygen atoms in total. The van der Waals surface area contributed by atoms with Gasteiger partial charge in [-0.1, -0.05) is 25.1 Å². The summed E-state index contributed by atoms with van der Waals surface area (Å²) in [5.41, 5.74) is 2.01. The van der Waals surface area contributed by atoms with Crippen molar-refractivity contribution >= 4 is 34.6 Å². The third kappa shape index (κ3) is 4.58. The standard InChI is InChI=1S/C16H15N3O3S/c1-2-11-6-8-12(9-7-11)15(20)18-16(23)17-13-4-3-5-14(10-13)19(21)22/h3-10H,2H2,1H3,(H2,17,18,20,23). The van der Waals surface area contributed by atoms with E-state index in [4.69, 9.17) is 12.2 Å². The van der Waals surface area contributed by atoms with Gasteiger partial charge in [0.15, 0.2) is 5.11 Å². The van der Waals surface area contributed by atoms with Gasteiger partial charge in [-0.15, -0.1) is 0 Å². The monoisotopic (exact) mass is 329 g/mol. The molecule has 1 amide bonds. The summed E-state index contributed by atoms with van der Waals surface area (Å²) in [6, 6.07) is 13.1. The van der Waals surface area contributed by atoms with Crippen LogP contribution >= 0.6 is 12.2 Å². The number of benzene rings is 2. The molecule has 0 aliphatic carbocycles. The first-order valence-corrected chi connectivity index (χ1v) is 7.36. The number of nitrogens with one attached hydrogen (secondary N) is 2. The van der Waals surface area contributed by atoms with Crippen LogP contribution in [0.5, 0.6) is 0 Å². The second-order valence-corrected chi connectivity index (χ2v) is 5.17. The van der Waals surface area contributed by atoms with Gasteiger partial charge in [0.1, 0.15) is 0 Å². The van der Waals surface area contributed by atoms with E-state index in [1.165, 1.54) is 18.2 Å². The molecule has 0 aromatic heterocycles. The van der Waals surface area contributed by atoms with E-state index in [1.54, 1.807) is 18.2 Å². The molecule has 0 aliphatic rings. The average molecular weight is 329 g/mol. The highest BCUT2D eigenvalue weighted by Crippen LogP contribution is 2.16. The van der Waals surface area contributed by atoms with Crippen molar-refractivity contribution in [2.75, 3.05) is 5.32 Å². The lowest BCUT2D eigenvalue weighted by Gasteiger charge is -2.09. The fourth-order valence-corrected chi connectivity index (χ4v) is 2.14. The second-order valence-electron chi connectivity index (χ2n) is 4.77. The van der Waals surface area contributed by atoms with Crippen molar-refractivity contribution in [3.05, 3.63) is 69.8 Å². The molecule has 0 aliphatic heterocycles. The van der Waals surface area contributed by atoms with Gasteiger partial charge in [-0.25, -0.2) is 0 Å².